The van der Waals surface area contributed by atoms with Crippen molar-refractivity contribution in [3.05, 3.63) is 67.7 Å². The van der Waals surface area contributed by atoms with E-state index in [2.05, 4.69) is 92.4 Å². The molecule has 88 valence electrons. The van der Waals surface area contributed by atoms with Gasteiger partial charge in [0.2, 0.25) is 0 Å². The van der Waals surface area contributed by atoms with Gasteiger partial charge in [-0.1, -0.05) is 46.3 Å². The van der Waals surface area contributed by atoms with Gasteiger partial charge in [-0.25, -0.2) is 0 Å². The maximum Gasteiger partial charge on any atom is 0.0584 e. The Labute approximate surface area is 124 Å². The van der Waals surface area contributed by atoms with E-state index < -0.39 is 0 Å². The molecule has 1 unspecified atom stereocenters. The van der Waals surface area contributed by atoms with Crippen molar-refractivity contribution in [3.8, 4) is 0 Å². The van der Waals surface area contributed by atoms with Crippen LogP contribution in [0.5, 0.6) is 0 Å². The summed E-state index contributed by atoms with van der Waals surface area (Å²) in [5.41, 5.74) is 2.60. The fourth-order valence-corrected chi connectivity index (χ4v) is 2.83. The first-order valence-corrected chi connectivity index (χ1v) is 7.26. The molecular weight excluding hydrogens is 389 g/mol. The smallest absolute Gasteiger partial charge is 0.0584 e. The minimum atomic E-state index is 0.246. The Hall–Kier alpha value is -0.390. The zero-order valence-electron chi connectivity index (χ0n) is 9.45. The van der Waals surface area contributed by atoms with Crippen LogP contribution in [0, 0.1) is 3.57 Å². The summed E-state index contributed by atoms with van der Waals surface area (Å²) in [5, 5.41) is 3.37. The molecule has 0 amide bonds. The second-order valence-electron chi connectivity index (χ2n) is 3.79. The van der Waals surface area contributed by atoms with Crippen molar-refractivity contribution < 1.29 is 0 Å². The van der Waals surface area contributed by atoms with E-state index in [-0.39, 0.29) is 6.04 Å². The molecule has 0 radical (unpaired) electrons. The Morgan fingerprint density at radius 1 is 1.06 bits per heavy atom. The van der Waals surface area contributed by atoms with Crippen LogP contribution in [0.15, 0.2) is 53.0 Å². The molecular formula is C14H13BrIN. The van der Waals surface area contributed by atoms with Crippen LogP contribution in [0.4, 0.5) is 0 Å². The molecule has 0 spiro atoms. The summed E-state index contributed by atoms with van der Waals surface area (Å²) in [6, 6.07) is 17.2. The third kappa shape index (κ3) is 3.09. The summed E-state index contributed by atoms with van der Waals surface area (Å²) in [4.78, 5) is 0. The Morgan fingerprint density at radius 3 is 2.29 bits per heavy atom. The van der Waals surface area contributed by atoms with Crippen LogP contribution in [0.1, 0.15) is 17.2 Å². The Balaban J connectivity index is 2.40. The van der Waals surface area contributed by atoms with Crippen LogP contribution in [-0.2, 0) is 0 Å². The minimum absolute atomic E-state index is 0.246. The number of halogens is 2. The molecule has 0 aliphatic rings. The molecule has 0 saturated heterocycles. The lowest BCUT2D eigenvalue weighted by Gasteiger charge is -2.18. The molecule has 3 heteroatoms. The van der Waals surface area contributed by atoms with Gasteiger partial charge in [-0.15, -0.1) is 0 Å². The van der Waals surface area contributed by atoms with Crippen molar-refractivity contribution in [2.75, 3.05) is 7.05 Å². The first-order valence-electron chi connectivity index (χ1n) is 5.39. The average Bonchev–Trinajstić information content (AvgIpc) is 2.35. The summed E-state index contributed by atoms with van der Waals surface area (Å²) in [5.74, 6) is 0. The van der Waals surface area contributed by atoms with Crippen molar-refractivity contribution in [1.82, 2.24) is 5.32 Å². The molecule has 0 saturated carbocycles. The molecule has 0 bridgehead atoms. The monoisotopic (exact) mass is 401 g/mol. The van der Waals surface area contributed by atoms with Gasteiger partial charge in [0.1, 0.15) is 0 Å². The molecule has 0 heterocycles. The molecule has 1 nitrogen and oxygen atoms in total. The van der Waals surface area contributed by atoms with E-state index in [9.17, 15) is 0 Å². The maximum atomic E-state index is 3.47. The normalized spacial score (nSPS) is 12.4. The van der Waals surface area contributed by atoms with E-state index in [0.717, 1.165) is 4.47 Å². The van der Waals surface area contributed by atoms with E-state index in [1.807, 2.05) is 7.05 Å². The zero-order chi connectivity index (χ0) is 12.3. The van der Waals surface area contributed by atoms with Gasteiger partial charge in [-0.3, -0.25) is 0 Å². The molecule has 0 fully saturated rings. The lowest BCUT2D eigenvalue weighted by Crippen LogP contribution is -2.18. The van der Waals surface area contributed by atoms with Crippen molar-refractivity contribution in [1.29, 1.82) is 0 Å². The number of benzene rings is 2. The molecule has 2 rings (SSSR count). The zero-order valence-corrected chi connectivity index (χ0v) is 13.2. The van der Waals surface area contributed by atoms with E-state index in [1.165, 1.54) is 14.7 Å². The van der Waals surface area contributed by atoms with Crippen molar-refractivity contribution >= 4 is 38.5 Å². The lowest BCUT2D eigenvalue weighted by molar-refractivity contribution is 0.688. The average molecular weight is 402 g/mol. The van der Waals surface area contributed by atoms with Gasteiger partial charge in [0.25, 0.3) is 0 Å². The SMILES string of the molecule is CNC(c1ccc(Br)cc1)c1ccccc1I. The van der Waals surface area contributed by atoms with E-state index in [1.54, 1.807) is 0 Å². The number of hydrogen-bond acceptors (Lipinski definition) is 1. The highest BCUT2D eigenvalue weighted by Gasteiger charge is 2.13. The number of hydrogen-bond donors (Lipinski definition) is 1. The molecule has 0 aliphatic heterocycles. The van der Waals surface area contributed by atoms with Crippen LogP contribution < -0.4 is 5.32 Å². The largest absolute Gasteiger partial charge is 0.309 e. The predicted octanol–water partition coefficient (Wildman–Crippen LogP) is 4.36. The van der Waals surface area contributed by atoms with Gasteiger partial charge < -0.3 is 5.32 Å². The third-order valence-electron chi connectivity index (χ3n) is 2.71. The Bertz CT molecular complexity index is 496. The van der Waals surface area contributed by atoms with Crippen LogP contribution >= 0.6 is 38.5 Å². The summed E-state index contributed by atoms with van der Waals surface area (Å²) in [7, 11) is 2.00. The summed E-state index contributed by atoms with van der Waals surface area (Å²) < 4.78 is 2.39. The fourth-order valence-electron chi connectivity index (χ4n) is 1.87. The van der Waals surface area contributed by atoms with Crippen LogP contribution in [-0.4, -0.2) is 7.05 Å². The predicted molar refractivity (Wildman–Crippen MR) is 84.2 cm³/mol. The maximum absolute atomic E-state index is 3.47. The highest BCUT2D eigenvalue weighted by Crippen LogP contribution is 2.26. The molecule has 0 aromatic heterocycles. The second kappa shape index (κ2) is 5.98. The summed E-state index contributed by atoms with van der Waals surface area (Å²) in [6.45, 7) is 0. The first-order chi connectivity index (χ1) is 8.22. The molecule has 17 heavy (non-hydrogen) atoms. The van der Waals surface area contributed by atoms with Gasteiger partial charge in [-0.2, -0.15) is 0 Å². The quantitative estimate of drug-likeness (QED) is 0.753. The molecule has 2 aromatic carbocycles. The molecule has 2 aromatic rings. The van der Waals surface area contributed by atoms with Crippen molar-refractivity contribution in [2.45, 2.75) is 6.04 Å². The van der Waals surface area contributed by atoms with Crippen LogP contribution in [0.2, 0.25) is 0 Å². The highest BCUT2D eigenvalue weighted by molar-refractivity contribution is 14.1. The third-order valence-corrected chi connectivity index (χ3v) is 4.22. The topological polar surface area (TPSA) is 12.0 Å². The van der Waals surface area contributed by atoms with E-state index in [0.29, 0.717) is 0 Å². The fraction of sp³-hybridized carbons (Fsp3) is 0.143. The van der Waals surface area contributed by atoms with Crippen molar-refractivity contribution in [2.24, 2.45) is 0 Å². The minimum Gasteiger partial charge on any atom is -0.309 e. The Morgan fingerprint density at radius 2 is 1.71 bits per heavy atom. The number of nitrogens with one attached hydrogen (secondary N) is 1. The molecule has 0 aliphatic carbocycles. The highest BCUT2D eigenvalue weighted by atomic mass is 127. The van der Waals surface area contributed by atoms with Crippen LogP contribution in [0.3, 0.4) is 0 Å². The molecule has 1 atom stereocenters. The lowest BCUT2D eigenvalue weighted by atomic mass is 9.99. The number of rotatable bonds is 3. The second-order valence-corrected chi connectivity index (χ2v) is 5.87. The Kier molecular flexibility index (Phi) is 4.59. The summed E-state index contributed by atoms with van der Waals surface area (Å²) in [6.07, 6.45) is 0. The van der Waals surface area contributed by atoms with Gasteiger partial charge >= 0.3 is 0 Å². The van der Waals surface area contributed by atoms with Gasteiger partial charge in [0.05, 0.1) is 6.04 Å². The van der Waals surface area contributed by atoms with Gasteiger partial charge in [0.15, 0.2) is 0 Å². The first kappa shape index (κ1) is 13.1. The molecule has 1 N–H and O–H groups in total. The van der Waals surface area contributed by atoms with Crippen molar-refractivity contribution in [3.63, 3.8) is 0 Å². The summed E-state index contributed by atoms with van der Waals surface area (Å²) >= 11 is 5.85. The van der Waals surface area contributed by atoms with Crippen LogP contribution in [0.25, 0.3) is 0 Å². The van der Waals surface area contributed by atoms with Gasteiger partial charge in [0, 0.05) is 8.04 Å². The standard InChI is InChI=1S/C14H13BrIN/c1-17-14(10-6-8-11(15)9-7-10)12-4-2-3-5-13(12)16/h2-9,14,17H,1H3. The van der Waals surface area contributed by atoms with E-state index >= 15 is 0 Å². The van der Waals surface area contributed by atoms with Gasteiger partial charge in [-0.05, 0) is 59.0 Å². The van der Waals surface area contributed by atoms with E-state index in [4.69, 9.17) is 0 Å².